The van der Waals surface area contributed by atoms with E-state index in [2.05, 4.69) is 6.92 Å². The fraction of sp³-hybridized carbons (Fsp3) is 0.875. The third-order valence-corrected chi connectivity index (χ3v) is 2.02. The maximum absolute atomic E-state index is 10.5. The van der Waals surface area contributed by atoms with Crippen molar-refractivity contribution >= 4 is 5.97 Å². The highest BCUT2D eigenvalue weighted by Gasteiger charge is 2.17. The van der Waals surface area contributed by atoms with Gasteiger partial charge in [-0.05, 0) is 12.3 Å². The summed E-state index contributed by atoms with van der Waals surface area (Å²) in [6, 6.07) is 0. The third kappa shape index (κ3) is 3.98. The van der Waals surface area contributed by atoms with Gasteiger partial charge in [0, 0.05) is 6.54 Å². The summed E-state index contributed by atoms with van der Waals surface area (Å²) < 4.78 is 0. The number of nitrogens with two attached hydrogens (primary N) is 1. The highest BCUT2D eigenvalue weighted by molar-refractivity contribution is 5.70. The van der Waals surface area contributed by atoms with E-state index in [9.17, 15) is 4.79 Å². The van der Waals surface area contributed by atoms with Gasteiger partial charge in [-0.25, -0.2) is 0 Å². The second-order valence-corrected chi connectivity index (χ2v) is 3.02. The van der Waals surface area contributed by atoms with E-state index in [-0.39, 0.29) is 12.5 Å². The SMILES string of the molecule is CC[C@@H](C)C[C@H](CN)C(=O)O. The molecule has 0 rings (SSSR count). The molecule has 66 valence electrons. The maximum atomic E-state index is 10.5. The Morgan fingerprint density at radius 3 is 2.45 bits per heavy atom. The molecule has 0 heterocycles. The monoisotopic (exact) mass is 159 g/mol. The van der Waals surface area contributed by atoms with Crippen LogP contribution < -0.4 is 5.73 Å². The van der Waals surface area contributed by atoms with Gasteiger partial charge in [-0.3, -0.25) is 4.79 Å². The van der Waals surface area contributed by atoms with E-state index in [1.807, 2.05) is 6.92 Å². The molecule has 11 heavy (non-hydrogen) atoms. The second-order valence-electron chi connectivity index (χ2n) is 3.02. The van der Waals surface area contributed by atoms with Gasteiger partial charge < -0.3 is 10.8 Å². The molecule has 0 unspecified atom stereocenters. The minimum atomic E-state index is -0.771. The minimum absolute atomic E-state index is 0.250. The van der Waals surface area contributed by atoms with Crippen LogP contribution >= 0.6 is 0 Å². The van der Waals surface area contributed by atoms with Gasteiger partial charge >= 0.3 is 5.97 Å². The predicted molar refractivity (Wildman–Crippen MR) is 44.3 cm³/mol. The van der Waals surface area contributed by atoms with E-state index in [0.29, 0.717) is 12.3 Å². The number of carboxylic acid groups (broad SMARTS) is 1. The highest BCUT2D eigenvalue weighted by atomic mass is 16.4. The molecule has 3 N–H and O–H groups in total. The van der Waals surface area contributed by atoms with Gasteiger partial charge in [0.2, 0.25) is 0 Å². The lowest BCUT2D eigenvalue weighted by molar-refractivity contribution is -0.141. The number of hydrogen-bond donors (Lipinski definition) is 2. The molecule has 0 amide bonds. The predicted octanol–water partition coefficient (Wildman–Crippen LogP) is 1.08. The van der Waals surface area contributed by atoms with E-state index in [4.69, 9.17) is 10.8 Å². The summed E-state index contributed by atoms with van der Waals surface area (Å²) in [5.41, 5.74) is 5.30. The molecule has 0 aromatic carbocycles. The van der Waals surface area contributed by atoms with Crippen molar-refractivity contribution in [1.82, 2.24) is 0 Å². The van der Waals surface area contributed by atoms with Crippen molar-refractivity contribution in [2.75, 3.05) is 6.54 Å². The zero-order valence-electron chi connectivity index (χ0n) is 7.21. The van der Waals surface area contributed by atoms with Crippen molar-refractivity contribution in [3.05, 3.63) is 0 Å². The Morgan fingerprint density at radius 1 is 1.64 bits per heavy atom. The standard InChI is InChI=1S/C8H17NO2/c1-3-6(2)4-7(5-9)8(10)11/h6-7H,3-5,9H2,1-2H3,(H,10,11)/t6-,7-/m1/s1. The normalized spacial score (nSPS) is 15.9. The number of hydrogen-bond acceptors (Lipinski definition) is 2. The lowest BCUT2D eigenvalue weighted by Gasteiger charge is -2.13. The van der Waals surface area contributed by atoms with Gasteiger partial charge in [0.05, 0.1) is 5.92 Å². The molecule has 0 saturated carbocycles. The van der Waals surface area contributed by atoms with E-state index in [1.165, 1.54) is 0 Å². The van der Waals surface area contributed by atoms with Crippen LogP contribution in [0.1, 0.15) is 26.7 Å². The second kappa shape index (κ2) is 5.13. The average Bonchev–Trinajstić information content (AvgIpc) is 1.99. The molecule has 0 aliphatic carbocycles. The summed E-state index contributed by atoms with van der Waals surface area (Å²) in [4.78, 5) is 10.5. The molecule has 0 aliphatic heterocycles. The van der Waals surface area contributed by atoms with Crippen LogP contribution in [-0.4, -0.2) is 17.6 Å². The fourth-order valence-electron chi connectivity index (χ4n) is 0.950. The van der Waals surface area contributed by atoms with Crippen LogP contribution in [0.2, 0.25) is 0 Å². The Labute approximate surface area is 67.6 Å². The first kappa shape index (κ1) is 10.4. The van der Waals surface area contributed by atoms with Gasteiger partial charge in [-0.2, -0.15) is 0 Å². The zero-order valence-corrected chi connectivity index (χ0v) is 7.21. The Balaban J connectivity index is 3.77. The Morgan fingerprint density at radius 2 is 2.18 bits per heavy atom. The Bertz CT molecular complexity index is 125. The third-order valence-electron chi connectivity index (χ3n) is 2.02. The topological polar surface area (TPSA) is 63.3 Å². The van der Waals surface area contributed by atoms with Crippen LogP contribution in [0, 0.1) is 11.8 Å². The largest absolute Gasteiger partial charge is 0.481 e. The summed E-state index contributed by atoms with van der Waals surface area (Å²) in [7, 11) is 0. The van der Waals surface area contributed by atoms with Gasteiger partial charge in [-0.15, -0.1) is 0 Å². The Kier molecular flexibility index (Phi) is 4.86. The molecule has 0 spiro atoms. The molecule has 0 radical (unpaired) electrons. The maximum Gasteiger partial charge on any atom is 0.307 e. The molecule has 3 nitrogen and oxygen atoms in total. The summed E-state index contributed by atoms with van der Waals surface area (Å²) in [6.45, 7) is 4.35. The van der Waals surface area contributed by atoms with Crippen LogP contribution in [-0.2, 0) is 4.79 Å². The minimum Gasteiger partial charge on any atom is -0.481 e. The van der Waals surface area contributed by atoms with Crippen LogP contribution in [0.5, 0.6) is 0 Å². The average molecular weight is 159 g/mol. The molecular weight excluding hydrogens is 142 g/mol. The molecule has 0 bridgehead atoms. The van der Waals surface area contributed by atoms with Gasteiger partial charge in [0.25, 0.3) is 0 Å². The summed E-state index contributed by atoms with van der Waals surface area (Å²) >= 11 is 0. The lowest BCUT2D eigenvalue weighted by Crippen LogP contribution is -2.25. The quantitative estimate of drug-likeness (QED) is 0.631. The number of aliphatic carboxylic acids is 1. The number of rotatable bonds is 5. The van der Waals surface area contributed by atoms with E-state index in [0.717, 1.165) is 6.42 Å². The molecule has 0 fully saturated rings. The molecule has 2 atom stereocenters. The van der Waals surface area contributed by atoms with Crippen molar-refractivity contribution in [1.29, 1.82) is 0 Å². The van der Waals surface area contributed by atoms with Gasteiger partial charge in [-0.1, -0.05) is 20.3 Å². The number of carboxylic acids is 1. The molecular formula is C8H17NO2. The van der Waals surface area contributed by atoms with E-state index >= 15 is 0 Å². The summed E-state index contributed by atoms with van der Waals surface area (Å²) in [5, 5.41) is 8.64. The molecule has 0 saturated heterocycles. The van der Waals surface area contributed by atoms with E-state index in [1.54, 1.807) is 0 Å². The van der Waals surface area contributed by atoms with Crippen molar-refractivity contribution in [3.8, 4) is 0 Å². The van der Waals surface area contributed by atoms with Crippen molar-refractivity contribution in [2.45, 2.75) is 26.7 Å². The molecule has 0 aromatic rings. The van der Waals surface area contributed by atoms with Crippen molar-refractivity contribution in [3.63, 3.8) is 0 Å². The number of carbonyl (C=O) groups is 1. The van der Waals surface area contributed by atoms with Crippen molar-refractivity contribution < 1.29 is 9.90 Å². The van der Waals surface area contributed by atoms with Gasteiger partial charge in [0.15, 0.2) is 0 Å². The smallest absolute Gasteiger partial charge is 0.307 e. The lowest BCUT2D eigenvalue weighted by atomic mass is 9.94. The molecule has 0 aliphatic rings. The van der Waals surface area contributed by atoms with Crippen molar-refractivity contribution in [2.24, 2.45) is 17.6 Å². The first-order valence-electron chi connectivity index (χ1n) is 4.04. The van der Waals surface area contributed by atoms with Crippen LogP contribution in [0.25, 0.3) is 0 Å². The van der Waals surface area contributed by atoms with Crippen LogP contribution in [0.3, 0.4) is 0 Å². The molecule has 3 heteroatoms. The highest BCUT2D eigenvalue weighted by Crippen LogP contribution is 2.13. The molecule has 0 aromatic heterocycles. The fourth-order valence-corrected chi connectivity index (χ4v) is 0.950. The van der Waals surface area contributed by atoms with Gasteiger partial charge in [0.1, 0.15) is 0 Å². The Hall–Kier alpha value is -0.570. The van der Waals surface area contributed by atoms with Crippen LogP contribution in [0.15, 0.2) is 0 Å². The summed E-state index contributed by atoms with van der Waals surface area (Å²) in [5.74, 6) is -0.669. The first-order valence-corrected chi connectivity index (χ1v) is 4.04. The van der Waals surface area contributed by atoms with Crippen LogP contribution in [0.4, 0.5) is 0 Å². The first-order chi connectivity index (χ1) is 5.11. The zero-order chi connectivity index (χ0) is 8.85. The van der Waals surface area contributed by atoms with E-state index < -0.39 is 5.97 Å². The summed E-state index contributed by atoms with van der Waals surface area (Å²) in [6.07, 6.45) is 1.71.